The molecule has 1 unspecified atom stereocenters. The fourth-order valence-corrected chi connectivity index (χ4v) is 3.39. The Balaban J connectivity index is 2.35. The zero-order valence-electron chi connectivity index (χ0n) is 11.8. The molecule has 1 aromatic carbocycles. The summed E-state index contributed by atoms with van der Waals surface area (Å²) in [4.78, 5) is 14.1. The van der Waals surface area contributed by atoms with Crippen LogP contribution in [0.25, 0.3) is 0 Å². The van der Waals surface area contributed by atoms with Gasteiger partial charge in [0.1, 0.15) is 5.82 Å². The van der Waals surface area contributed by atoms with Crippen molar-refractivity contribution >= 4 is 21.6 Å². The second kappa shape index (κ2) is 5.51. The van der Waals surface area contributed by atoms with Gasteiger partial charge in [-0.05, 0) is 25.1 Å². The van der Waals surface area contributed by atoms with Crippen molar-refractivity contribution in [2.75, 3.05) is 30.8 Å². The van der Waals surface area contributed by atoms with E-state index in [4.69, 9.17) is 5.11 Å². The van der Waals surface area contributed by atoms with Crippen molar-refractivity contribution in [1.29, 1.82) is 0 Å². The largest absolute Gasteiger partial charge is 0.465 e. The van der Waals surface area contributed by atoms with Gasteiger partial charge in [0, 0.05) is 31.9 Å². The third kappa shape index (κ3) is 3.26. The van der Waals surface area contributed by atoms with Crippen LogP contribution in [0.5, 0.6) is 0 Å². The maximum absolute atomic E-state index is 13.5. The van der Waals surface area contributed by atoms with Crippen LogP contribution < -0.4 is 4.90 Å². The summed E-state index contributed by atoms with van der Waals surface area (Å²) < 4.78 is 37.1. The molecular weight excluding hydrogens is 299 g/mol. The van der Waals surface area contributed by atoms with Crippen LogP contribution in [0, 0.1) is 5.82 Å². The summed E-state index contributed by atoms with van der Waals surface area (Å²) in [6, 6.07) is 3.23. The second-order valence-corrected chi connectivity index (χ2v) is 7.14. The van der Waals surface area contributed by atoms with Gasteiger partial charge in [-0.2, -0.15) is 0 Å². The maximum atomic E-state index is 13.5. The molecule has 1 aliphatic rings. The SMILES string of the molecule is CC1CN(c2cc(F)ccc2S(C)(=O)=O)CCN1C(=O)O. The van der Waals surface area contributed by atoms with Crippen molar-refractivity contribution in [1.82, 2.24) is 4.90 Å². The van der Waals surface area contributed by atoms with Gasteiger partial charge in [-0.3, -0.25) is 0 Å². The van der Waals surface area contributed by atoms with Gasteiger partial charge < -0.3 is 14.9 Å². The Bertz CT molecular complexity index is 662. The van der Waals surface area contributed by atoms with Crippen LogP contribution >= 0.6 is 0 Å². The molecule has 0 saturated carbocycles. The molecule has 0 spiro atoms. The van der Waals surface area contributed by atoms with Gasteiger partial charge in [-0.15, -0.1) is 0 Å². The van der Waals surface area contributed by atoms with Gasteiger partial charge in [0.15, 0.2) is 9.84 Å². The number of carbonyl (C=O) groups is 1. The van der Waals surface area contributed by atoms with Crippen molar-refractivity contribution < 1.29 is 22.7 Å². The van der Waals surface area contributed by atoms with Crippen molar-refractivity contribution in [3.05, 3.63) is 24.0 Å². The molecule has 1 N–H and O–H groups in total. The van der Waals surface area contributed by atoms with Crippen LogP contribution in [-0.2, 0) is 9.84 Å². The van der Waals surface area contributed by atoms with E-state index in [0.717, 1.165) is 12.3 Å². The van der Waals surface area contributed by atoms with E-state index in [1.165, 1.54) is 17.0 Å². The molecule has 8 heteroatoms. The van der Waals surface area contributed by atoms with Crippen molar-refractivity contribution in [2.45, 2.75) is 17.9 Å². The molecule has 1 aromatic rings. The molecule has 1 saturated heterocycles. The lowest BCUT2D eigenvalue weighted by molar-refractivity contribution is 0.122. The molecule has 0 aromatic heterocycles. The summed E-state index contributed by atoms with van der Waals surface area (Å²) >= 11 is 0. The monoisotopic (exact) mass is 316 g/mol. The molecule has 21 heavy (non-hydrogen) atoms. The molecule has 6 nitrogen and oxygen atoms in total. The number of sulfone groups is 1. The number of nitrogens with zero attached hydrogens (tertiary/aromatic N) is 2. The highest BCUT2D eigenvalue weighted by atomic mass is 32.2. The van der Waals surface area contributed by atoms with Gasteiger partial charge in [-0.25, -0.2) is 17.6 Å². The summed E-state index contributed by atoms with van der Waals surface area (Å²) in [6.07, 6.45) is 0.0606. The predicted molar refractivity (Wildman–Crippen MR) is 75.9 cm³/mol. The van der Waals surface area contributed by atoms with Crippen LogP contribution in [0.15, 0.2) is 23.1 Å². The lowest BCUT2D eigenvalue weighted by Gasteiger charge is -2.40. The molecule has 1 atom stereocenters. The first kappa shape index (κ1) is 15.6. The highest BCUT2D eigenvalue weighted by molar-refractivity contribution is 7.90. The number of benzene rings is 1. The molecule has 1 heterocycles. The van der Waals surface area contributed by atoms with Crippen molar-refractivity contribution in [3.63, 3.8) is 0 Å². The fraction of sp³-hybridized carbons (Fsp3) is 0.462. The quantitative estimate of drug-likeness (QED) is 0.835. The topological polar surface area (TPSA) is 77.9 Å². The van der Waals surface area contributed by atoms with E-state index in [-0.39, 0.29) is 23.2 Å². The number of rotatable bonds is 2. The first-order valence-electron chi connectivity index (χ1n) is 6.44. The Kier molecular flexibility index (Phi) is 4.08. The summed E-state index contributed by atoms with van der Waals surface area (Å²) in [6.45, 7) is 2.62. The Hall–Kier alpha value is -1.83. The first-order valence-corrected chi connectivity index (χ1v) is 8.33. The van der Waals surface area contributed by atoms with Crippen molar-refractivity contribution in [3.8, 4) is 0 Å². The summed E-state index contributed by atoms with van der Waals surface area (Å²) in [5, 5.41) is 9.04. The number of anilines is 1. The standard InChI is InChI=1S/C13H17FN2O4S/c1-9-8-15(5-6-16(9)13(17)18)11-7-10(14)3-4-12(11)21(2,19)20/h3-4,7,9H,5-6,8H2,1-2H3,(H,17,18). The predicted octanol–water partition coefficient (Wildman–Crippen LogP) is 1.42. The van der Waals surface area contributed by atoms with E-state index in [1.807, 2.05) is 0 Å². The number of amides is 1. The number of carboxylic acid groups (broad SMARTS) is 1. The summed E-state index contributed by atoms with van der Waals surface area (Å²) in [5.74, 6) is -0.522. The Labute approximate surface area is 122 Å². The van der Waals surface area contributed by atoms with E-state index in [1.54, 1.807) is 11.8 Å². The van der Waals surface area contributed by atoms with E-state index < -0.39 is 21.7 Å². The molecule has 2 rings (SSSR count). The molecule has 1 aliphatic heterocycles. The second-order valence-electron chi connectivity index (χ2n) is 5.16. The molecule has 1 amide bonds. The normalized spacial score (nSPS) is 19.7. The number of piperazine rings is 1. The minimum absolute atomic E-state index is 0.0554. The molecule has 0 bridgehead atoms. The maximum Gasteiger partial charge on any atom is 0.407 e. The van der Waals surface area contributed by atoms with Crippen LogP contribution in [0.3, 0.4) is 0 Å². The fourth-order valence-electron chi connectivity index (χ4n) is 2.51. The molecule has 1 fully saturated rings. The average Bonchev–Trinajstić information content (AvgIpc) is 2.36. The van der Waals surface area contributed by atoms with E-state index in [0.29, 0.717) is 13.1 Å². The van der Waals surface area contributed by atoms with Gasteiger partial charge in [0.25, 0.3) is 0 Å². The number of halogens is 1. The average molecular weight is 316 g/mol. The zero-order valence-corrected chi connectivity index (χ0v) is 12.6. The van der Waals surface area contributed by atoms with Gasteiger partial charge in [-0.1, -0.05) is 0 Å². The number of hydrogen-bond donors (Lipinski definition) is 1. The van der Waals surface area contributed by atoms with Crippen LogP contribution in [0.1, 0.15) is 6.92 Å². The third-order valence-electron chi connectivity index (χ3n) is 3.53. The van der Waals surface area contributed by atoms with Gasteiger partial charge in [0.2, 0.25) is 0 Å². The Morgan fingerprint density at radius 2 is 2.05 bits per heavy atom. The molecule has 116 valence electrons. The number of hydrogen-bond acceptors (Lipinski definition) is 4. The van der Waals surface area contributed by atoms with E-state index in [2.05, 4.69) is 0 Å². The smallest absolute Gasteiger partial charge is 0.407 e. The first-order chi connectivity index (χ1) is 9.70. The summed E-state index contributed by atoms with van der Waals surface area (Å²) in [7, 11) is -3.49. The zero-order chi connectivity index (χ0) is 15.8. The highest BCUT2D eigenvalue weighted by Crippen LogP contribution is 2.28. The van der Waals surface area contributed by atoms with Gasteiger partial charge >= 0.3 is 6.09 Å². The minimum Gasteiger partial charge on any atom is -0.465 e. The van der Waals surface area contributed by atoms with Crippen LogP contribution in [-0.4, -0.2) is 56.4 Å². The molecule has 0 aliphatic carbocycles. The molecular formula is C13H17FN2O4S. The Morgan fingerprint density at radius 1 is 1.38 bits per heavy atom. The van der Waals surface area contributed by atoms with Crippen LogP contribution in [0.4, 0.5) is 14.9 Å². The lowest BCUT2D eigenvalue weighted by atomic mass is 10.1. The van der Waals surface area contributed by atoms with Crippen molar-refractivity contribution in [2.24, 2.45) is 0 Å². The minimum atomic E-state index is -3.49. The van der Waals surface area contributed by atoms with Crippen LogP contribution in [0.2, 0.25) is 0 Å². The van der Waals surface area contributed by atoms with E-state index >= 15 is 0 Å². The Morgan fingerprint density at radius 3 is 2.57 bits per heavy atom. The highest BCUT2D eigenvalue weighted by Gasteiger charge is 2.29. The van der Waals surface area contributed by atoms with E-state index in [9.17, 15) is 17.6 Å². The van der Waals surface area contributed by atoms with Gasteiger partial charge in [0.05, 0.1) is 10.6 Å². The molecule has 0 radical (unpaired) electrons. The third-order valence-corrected chi connectivity index (χ3v) is 4.68. The lowest BCUT2D eigenvalue weighted by Crippen LogP contribution is -2.54. The summed E-state index contributed by atoms with van der Waals surface area (Å²) in [5.41, 5.74) is 0.286.